The second-order valence-electron chi connectivity index (χ2n) is 7.67. The summed E-state index contributed by atoms with van der Waals surface area (Å²) in [6.45, 7) is -0.257. The van der Waals surface area contributed by atoms with Crippen molar-refractivity contribution in [2.45, 2.75) is 13.1 Å². The first-order valence-corrected chi connectivity index (χ1v) is 11.0. The Morgan fingerprint density at radius 2 is 2.05 bits per heavy atom. The molecular formula is C22H22ClF5N6O3. The number of amides is 1. The molecule has 0 spiro atoms. The number of carbonyl (C=O) groups is 1. The third-order valence-electron chi connectivity index (χ3n) is 5.22. The Labute approximate surface area is 212 Å². The molecular weight excluding hydrogens is 527 g/mol. The highest BCUT2D eigenvalue weighted by molar-refractivity contribution is 6.33. The minimum absolute atomic E-state index is 0.0200. The van der Waals surface area contributed by atoms with Crippen molar-refractivity contribution in [1.29, 1.82) is 0 Å². The van der Waals surface area contributed by atoms with Crippen LogP contribution >= 0.6 is 11.6 Å². The van der Waals surface area contributed by atoms with Crippen LogP contribution in [0.2, 0.25) is 5.02 Å². The molecule has 0 fully saturated rings. The maximum Gasteiger partial charge on any atom is 0.422 e. The summed E-state index contributed by atoms with van der Waals surface area (Å²) in [5.74, 6) is -2.68. The molecule has 2 N–H and O–H groups in total. The molecule has 0 saturated carbocycles. The van der Waals surface area contributed by atoms with E-state index in [0.29, 0.717) is 11.6 Å². The van der Waals surface area contributed by atoms with Crippen molar-refractivity contribution in [3.05, 3.63) is 40.9 Å². The lowest BCUT2D eigenvalue weighted by Crippen LogP contribution is -2.32. The SMILES string of the molecule is CCN(C)/C(CO)=N\N(C=O)c1cc(OCC(F)(F)F)c2c(Nc3c(F)cccc3Cl)nn(C)c2c1F. The Hall–Kier alpha value is -3.65. The van der Waals surface area contributed by atoms with Crippen molar-refractivity contribution in [1.82, 2.24) is 14.7 Å². The number of halogens is 6. The number of aromatic nitrogens is 2. The van der Waals surface area contributed by atoms with Crippen molar-refractivity contribution >= 4 is 51.9 Å². The van der Waals surface area contributed by atoms with Gasteiger partial charge in [0.25, 0.3) is 0 Å². The van der Waals surface area contributed by atoms with E-state index in [1.165, 1.54) is 24.1 Å². The summed E-state index contributed by atoms with van der Waals surface area (Å²) < 4.78 is 75.1. The first-order valence-electron chi connectivity index (χ1n) is 10.7. The lowest BCUT2D eigenvalue weighted by atomic mass is 10.1. The van der Waals surface area contributed by atoms with Crippen LogP contribution in [0.5, 0.6) is 5.75 Å². The standard InChI is InChI=1S/C22H22ClF5N6O3/c1-4-32(2)16(9-35)30-34(11-36)14-8-15(37-10-22(26,27)28)17-20(18(14)25)33(3)31-21(17)29-19-12(23)6-5-7-13(19)24/h5-8,11,35H,4,9-10H2,1-3H3,(H,29,31)/b30-16-. The number of alkyl halides is 3. The van der Waals surface area contributed by atoms with Crippen molar-refractivity contribution in [3.8, 4) is 5.75 Å². The Bertz CT molecular complexity index is 1310. The van der Waals surface area contributed by atoms with Gasteiger partial charge in [-0.3, -0.25) is 9.48 Å². The molecule has 3 aromatic rings. The number of aliphatic hydroxyl groups excluding tert-OH is 1. The average molecular weight is 549 g/mol. The van der Waals surface area contributed by atoms with Gasteiger partial charge in [-0.2, -0.15) is 23.3 Å². The molecule has 15 heteroatoms. The maximum atomic E-state index is 15.8. The average Bonchev–Trinajstić information content (AvgIpc) is 3.17. The van der Waals surface area contributed by atoms with Gasteiger partial charge in [0.15, 0.2) is 24.1 Å². The smallest absolute Gasteiger partial charge is 0.422 e. The molecule has 0 radical (unpaired) electrons. The molecule has 200 valence electrons. The van der Waals surface area contributed by atoms with Gasteiger partial charge < -0.3 is 20.1 Å². The van der Waals surface area contributed by atoms with Crippen LogP contribution in [-0.4, -0.2) is 65.0 Å². The summed E-state index contributed by atoms with van der Waals surface area (Å²) in [6, 6.07) is 4.63. The fourth-order valence-electron chi connectivity index (χ4n) is 3.32. The summed E-state index contributed by atoms with van der Waals surface area (Å²) in [5, 5.41) is 20.4. The lowest BCUT2D eigenvalue weighted by molar-refractivity contribution is -0.153. The molecule has 0 bridgehead atoms. The van der Waals surface area contributed by atoms with Gasteiger partial charge in [0.2, 0.25) is 6.41 Å². The van der Waals surface area contributed by atoms with Crippen LogP contribution in [0.4, 0.5) is 39.1 Å². The number of nitrogens with zero attached hydrogens (tertiary/aromatic N) is 5. The van der Waals surface area contributed by atoms with E-state index >= 15 is 4.39 Å². The fourth-order valence-corrected chi connectivity index (χ4v) is 3.53. The van der Waals surface area contributed by atoms with Crippen molar-refractivity contribution < 1.29 is 36.6 Å². The van der Waals surface area contributed by atoms with Gasteiger partial charge >= 0.3 is 6.18 Å². The van der Waals surface area contributed by atoms with E-state index in [0.717, 1.165) is 16.8 Å². The maximum absolute atomic E-state index is 15.8. The first kappa shape index (κ1) is 27.9. The van der Waals surface area contributed by atoms with Gasteiger partial charge in [0.05, 0.1) is 16.1 Å². The molecule has 0 atom stereocenters. The Morgan fingerprint density at radius 3 is 2.62 bits per heavy atom. The van der Waals surface area contributed by atoms with Gasteiger partial charge in [-0.1, -0.05) is 17.7 Å². The number of para-hydroxylation sites is 1. The molecule has 0 saturated heterocycles. The number of aryl methyl sites for hydroxylation is 1. The predicted molar refractivity (Wildman–Crippen MR) is 128 cm³/mol. The number of aliphatic hydroxyl groups is 1. The van der Waals surface area contributed by atoms with Crippen LogP contribution in [-0.2, 0) is 11.8 Å². The topological polar surface area (TPSA) is 95.2 Å². The lowest BCUT2D eigenvalue weighted by Gasteiger charge is -2.21. The number of fused-ring (bicyclic) bond motifs is 1. The number of ether oxygens (including phenoxy) is 1. The minimum atomic E-state index is -4.76. The number of hydrogen-bond acceptors (Lipinski definition) is 6. The highest BCUT2D eigenvalue weighted by atomic mass is 35.5. The van der Waals surface area contributed by atoms with Crippen LogP contribution < -0.4 is 15.1 Å². The van der Waals surface area contributed by atoms with E-state index in [1.54, 1.807) is 14.0 Å². The van der Waals surface area contributed by atoms with Crippen LogP contribution in [0.15, 0.2) is 29.4 Å². The number of hydrazone groups is 1. The van der Waals surface area contributed by atoms with Crippen molar-refractivity contribution in [3.63, 3.8) is 0 Å². The predicted octanol–water partition coefficient (Wildman–Crippen LogP) is 4.41. The second-order valence-corrected chi connectivity index (χ2v) is 8.07. The molecule has 0 aliphatic carbocycles. The van der Waals surface area contributed by atoms with Crippen LogP contribution in [0.1, 0.15) is 6.92 Å². The summed E-state index contributed by atoms with van der Waals surface area (Å²) in [5.41, 5.74) is -1.19. The molecule has 1 heterocycles. The van der Waals surface area contributed by atoms with Crippen LogP contribution in [0, 0.1) is 11.6 Å². The van der Waals surface area contributed by atoms with Crippen LogP contribution in [0.3, 0.4) is 0 Å². The highest BCUT2D eigenvalue weighted by Crippen LogP contribution is 2.41. The normalized spacial score (nSPS) is 12.1. The Balaban J connectivity index is 2.26. The van der Waals surface area contributed by atoms with Crippen LogP contribution in [0.25, 0.3) is 10.9 Å². The molecule has 9 nitrogen and oxygen atoms in total. The largest absolute Gasteiger partial charge is 0.483 e. The van der Waals surface area contributed by atoms with E-state index in [2.05, 4.69) is 15.5 Å². The summed E-state index contributed by atoms with van der Waals surface area (Å²) in [7, 11) is 2.85. The van der Waals surface area contributed by atoms with E-state index in [4.69, 9.17) is 16.3 Å². The quantitative estimate of drug-likeness (QED) is 0.135. The number of rotatable bonds is 9. The number of nitrogens with one attached hydrogen (secondary N) is 1. The third kappa shape index (κ3) is 6.02. The van der Waals surface area contributed by atoms with E-state index < -0.39 is 42.5 Å². The molecule has 0 unspecified atom stereocenters. The van der Waals surface area contributed by atoms with Gasteiger partial charge in [-0.15, -0.1) is 5.10 Å². The molecule has 37 heavy (non-hydrogen) atoms. The highest BCUT2D eigenvalue weighted by Gasteiger charge is 2.31. The first-order chi connectivity index (χ1) is 17.4. The number of anilines is 3. The zero-order valence-corrected chi connectivity index (χ0v) is 20.5. The molecule has 1 aromatic heterocycles. The second kappa shape index (κ2) is 11.2. The van der Waals surface area contributed by atoms with Gasteiger partial charge in [-0.25, -0.2) is 8.78 Å². The van der Waals surface area contributed by atoms with E-state index in [-0.39, 0.29) is 39.7 Å². The zero-order chi connectivity index (χ0) is 27.5. The molecule has 0 aliphatic rings. The number of likely N-dealkylation sites (N-methyl/N-ethyl adjacent to an activating group) is 1. The Morgan fingerprint density at radius 1 is 1.35 bits per heavy atom. The van der Waals surface area contributed by atoms with Gasteiger partial charge in [0, 0.05) is 26.7 Å². The number of carbonyl (C=O) groups excluding carboxylic acids is 1. The number of benzene rings is 2. The third-order valence-corrected chi connectivity index (χ3v) is 5.53. The van der Waals surface area contributed by atoms with Gasteiger partial charge in [0.1, 0.15) is 29.4 Å². The Kier molecular flexibility index (Phi) is 8.43. The number of hydrogen-bond donors (Lipinski definition) is 2. The molecule has 3 rings (SSSR count). The van der Waals surface area contributed by atoms with Crippen molar-refractivity contribution in [2.24, 2.45) is 12.1 Å². The molecule has 0 aliphatic heterocycles. The monoisotopic (exact) mass is 548 g/mol. The van der Waals surface area contributed by atoms with E-state index in [1.807, 2.05) is 0 Å². The molecule has 1 amide bonds. The molecule has 2 aromatic carbocycles. The zero-order valence-electron chi connectivity index (χ0n) is 19.8. The summed E-state index contributed by atoms with van der Waals surface area (Å²) >= 11 is 6.04. The summed E-state index contributed by atoms with van der Waals surface area (Å²) in [6.07, 6.45) is -4.65. The number of amidine groups is 1. The van der Waals surface area contributed by atoms with Crippen molar-refractivity contribution in [2.75, 3.05) is 37.1 Å². The summed E-state index contributed by atoms with van der Waals surface area (Å²) in [4.78, 5) is 13.3. The minimum Gasteiger partial charge on any atom is -0.483 e. The van der Waals surface area contributed by atoms with E-state index in [9.17, 15) is 27.5 Å². The van der Waals surface area contributed by atoms with Gasteiger partial charge in [-0.05, 0) is 19.1 Å². The fraction of sp³-hybridized carbons (Fsp3) is 0.318.